The third-order valence-corrected chi connectivity index (χ3v) is 3.35. The number of carbonyl (C=O) groups is 1. The van der Waals surface area contributed by atoms with E-state index in [1.807, 2.05) is 61.5 Å². The van der Waals surface area contributed by atoms with Gasteiger partial charge in [0.15, 0.2) is 0 Å². The van der Waals surface area contributed by atoms with Gasteiger partial charge in [0.1, 0.15) is 12.4 Å². The first kappa shape index (κ1) is 16.8. The van der Waals surface area contributed by atoms with Crippen LogP contribution in [0.25, 0.3) is 5.57 Å². The molecule has 0 aromatic heterocycles. The average Bonchev–Trinajstić information content (AvgIpc) is 2.59. The van der Waals surface area contributed by atoms with Crippen molar-refractivity contribution >= 4 is 11.5 Å². The summed E-state index contributed by atoms with van der Waals surface area (Å²) in [5, 5.41) is 11.7. The van der Waals surface area contributed by atoms with Crippen molar-refractivity contribution in [1.82, 2.24) is 5.32 Å². The smallest absolute Gasteiger partial charge is 0.244 e. The number of rotatable bonds is 7. The van der Waals surface area contributed by atoms with Crippen LogP contribution in [0.2, 0.25) is 0 Å². The predicted molar refractivity (Wildman–Crippen MR) is 91.0 cm³/mol. The molecule has 0 radical (unpaired) electrons. The van der Waals surface area contributed by atoms with Gasteiger partial charge < -0.3 is 15.2 Å². The molecule has 0 saturated heterocycles. The molecule has 4 nitrogen and oxygen atoms in total. The maximum Gasteiger partial charge on any atom is 0.244 e. The quantitative estimate of drug-likeness (QED) is 0.773. The zero-order valence-corrected chi connectivity index (χ0v) is 13.2. The summed E-state index contributed by atoms with van der Waals surface area (Å²) in [5.41, 5.74) is 2.81. The molecule has 4 heteroatoms. The summed E-state index contributed by atoms with van der Waals surface area (Å²) in [7, 11) is 0. The van der Waals surface area contributed by atoms with Crippen molar-refractivity contribution in [3.63, 3.8) is 0 Å². The lowest BCUT2D eigenvalue weighted by atomic mass is 10.1. The van der Waals surface area contributed by atoms with Crippen LogP contribution in [0.5, 0.6) is 5.75 Å². The number of amides is 1. The predicted octanol–water partition coefficient (Wildman–Crippen LogP) is 2.78. The minimum absolute atomic E-state index is 0.0420. The minimum Gasteiger partial charge on any atom is -0.491 e. The maximum absolute atomic E-state index is 12.1. The van der Waals surface area contributed by atoms with E-state index in [2.05, 4.69) is 5.32 Å². The van der Waals surface area contributed by atoms with Crippen LogP contribution in [0.4, 0.5) is 0 Å². The van der Waals surface area contributed by atoms with Crippen LogP contribution in [0.15, 0.2) is 60.7 Å². The van der Waals surface area contributed by atoms with Gasteiger partial charge in [-0.05, 0) is 24.1 Å². The second-order valence-electron chi connectivity index (χ2n) is 5.09. The van der Waals surface area contributed by atoms with Crippen LogP contribution in [0, 0.1) is 0 Å². The molecule has 2 aromatic carbocycles. The summed E-state index contributed by atoms with van der Waals surface area (Å²) in [5.74, 6) is 0.522. The highest BCUT2D eigenvalue weighted by Crippen LogP contribution is 2.17. The lowest BCUT2D eigenvalue weighted by Crippen LogP contribution is -2.21. The number of para-hydroxylation sites is 1. The van der Waals surface area contributed by atoms with Crippen LogP contribution in [0.1, 0.15) is 18.1 Å². The Kier molecular flexibility index (Phi) is 6.39. The van der Waals surface area contributed by atoms with Crippen molar-refractivity contribution < 1.29 is 14.6 Å². The normalized spacial score (nSPS) is 11.1. The Morgan fingerprint density at radius 1 is 1.13 bits per heavy atom. The van der Waals surface area contributed by atoms with Gasteiger partial charge in [-0.2, -0.15) is 0 Å². The van der Waals surface area contributed by atoms with E-state index in [-0.39, 0.29) is 19.1 Å². The highest BCUT2D eigenvalue weighted by atomic mass is 16.5. The summed E-state index contributed by atoms with van der Waals surface area (Å²) in [6.45, 7) is 2.48. The number of hydrogen-bond acceptors (Lipinski definition) is 3. The molecule has 0 aliphatic rings. The molecule has 120 valence electrons. The Morgan fingerprint density at radius 3 is 2.57 bits per heavy atom. The van der Waals surface area contributed by atoms with E-state index in [1.54, 1.807) is 6.08 Å². The van der Waals surface area contributed by atoms with Gasteiger partial charge in [-0.1, -0.05) is 48.5 Å². The molecule has 1 amide bonds. The number of hydrogen-bond donors (Lipinski definition) is 2. The van der Waals surface area contributed by atoms with Gasteiger partial charge in [0.25, 0.3) is 0 Å². The summed E-state index contributed by atoms with van der Waals surface area (Å²) >= 11 is 0. The lowest BCUT2D eigenvalue weighted by molar-refractivity contribution is -0.116. The summed E-state index contributed by atoms with van der Waals surface area (Å²) in [4.78, 5) is 12.1. The van der Waals surface area contributed by atoms with Crippen molar-refractivity contribution in [3.05, 3.63) is 71.8 Å². The minimum atomic E-state index is -0.150. The van der Waals surface area contributed by atoms with Crippen LogP contribution in [-0.2, 0) is 11.3 Å². The number of carbonyl (C=O) groups excluding carboxylic acids is 1. The Morgan fingerprint density at radius 2 is 1.83 bits per heavy atom. The molecule has 0 unspecified atom stereocenters. The molecule has 0 aliphatic heterocycles. The molecule has 0 spiro atoms. The second-order valence-corrected chi connectivity index (χ2v) is 5.09. The van der Waals surface area contributed by atoms with Crippen LogP contribution < -0.4 is 10.1 Å². The molecule has 0 heterocycles. The van der Waals surface area contributed by atoms with Crippen molar-refractivity contribution in [3.8, 4) is 5.75 Å². The number of allylic oxidation sites excluding steroid dienone is 1. The number of aliphatic hydroxyl groups excluding tert-OH is 1. The monoisotopic (exact) mass is 311 g/mol. The Hall–Kier alpha value is -2.59. The molecule has 2 aromatic rings. The van der Waals surface area contributed by atoms with E-state index in [1.165, 1.54) is 0 Å². The maximum atomic E-state index is 12.1. The van der Waals surface area contributed by atoms with Crippen LogP contribution in [0.3, 0.4) is 0 Å². The van der Waals surface area contributed by atoms with E-state index in [0.29, 0.717) is 12.3 Å². The summed E-state index contributed by atoms with van der Waals surface area (Å²) in [6.07, 6.45) is 1.59. The Bertz CT molecular complexity index is 665. The topological polar surface area (TPSA) is 58.6 Å². The standard InChI is InChI=1S/C19H21NO3/c1-15(16-7-3-2-4-8-16)13-19(22)20-14-17-9-5-6-10-18(17)23-12-11-21/h2-10,13,21H,11-12,14H2,1H3,(H,20,22)/b15-13-. The van der Waals surface area contributed by atoms with Gasteiger partial charge in [0, 0.05) is 18.2 Å². The Labute approximate surface area is 136 Å². The van der Waals surface area contributed by atoms with Gasteiger partial charge in [0.05, 0.1) is 6.61 Å². The van der Waals surface area contributed by atoms with Crippen molar-refractivity contribution in [2.24, 2.45) is 0 Å². The zero-order valence-electron chi connectivity index (χ0n) is 13.2. The lowest BCUT2D eigenvalue weighted by Gasteiger charge is -2.11. The zero-order chi connectivity index (χ0) is 16.5. The molecule has 0 bridgehead atoms. The van der Waals surface area contributed by atoms with Crippen molar-refractivity contribution in [2.45, 2.75) is 13.5 Å². The number of ether oxygens (including phenoxy) is 1. The first-order valence-electron chi connectivity index (χ1n) is 7.54. The van der Waals surface area contributed by atoms with Gasteiger partial charge in [-0.3, -0.25) is 4.79 Å². The molecular formula is C19H21NO3. The highest BCUT2D eigenvalue weighted by Gasteiger charge is 2.05. The van der Waals surface area contributed by atoms with Crippen LogP contribution in [-0.4, -0.2) is 24.2 Å². The first-order chi connectivity index (χ1) is 11.2. The van der Waals surface area contributed by atoms with Gasteiger partial charge in [0.2, 0.25) is 5.91 Å². The van der Waals surface area contributed by atoms with E-state index in [9.17, 15) is 4.79 Å². The molecule has 0 aliphatic carbocycles. The fourth-order valence-electron chi connectivity index (χ4n) is 2.16. The van der Waals surface area contributed by atoms with E-state index in [0.717, 1.165) is 16.7 Å². The summed E-state index contributed by atoms with van der Waals surface area (Å²) in [6, 6.07) is 17.2. The first-order valence-corrected chi connectivity index (χ1v) is 7.54. The fourth-order valence-corrected chi connectivity index (χ4v) is 2.16. The number of benzene rings is 2. The molecule has 0 saturated carbocycles. The highest BCUT2D eigenvalue weighted by molar-refractivity contribution is 5.94. The molecule has 0 fully saturated rings. The fraction of sp³-hybridized carbons (Fsp3) is 0.211. The average molecular weight is 311 g/mol. The molecule has 0 atom stereocenters. The van der Waals surface area contributed by atoms with E-state index in [4.69, 9.17) is 9.84 Å². The van der Waals surface area contributed by atoms with E-state index < -0.39 is 0 Å². The van der Waals surface area contributed by atoms with Crippen molar-refractivity contribution in [1.29, 1.82) is 0 Å². The summed E-state index contributed by atoms with van der Waals surface area (Å²) < 4.78 is 5.45. The Balaban J connectivity index is 1.97. The molecule has 2 N–H and O–H groups in total. The third kappa shape index (κ3) is 5.27. The molecular weight excluding hydrogens is 290 g/mol. The number of nitrogens with one attached hydrogen (secondary N) is 1. The SMILES string of the molecule is C/C(=C/C(=O)NCc1ccccc1OCCO)c1ccccc1. The molecule has 2 rings (SSSR count). The van der Waals surface area contributed by atoms with Crippen molar-refractivity contribution in [2.75, 3.05) is 13.2 Å². The second kappa shape index (κ2) is 8.76. The molecule has 23 heavy (non-hydrogen) atoms. The van der Waals surface area contributed by atoms with Gasteiger partial charge >= 0.3 is 0 Å². The number of aliphatic hydroxyl groups is 1. The van der Waals surface area contributed by atoms with Crippen LogP contribution >= 0.6 is 0 Å². The van der Waals surface area contributed by atoms with E-state index >= 15 is 0 Å². The van der Waals surface area contributed by atoms with Gasteiger partial charge in [-0.15, -0.1) is 0 Å². The third-order valence-electron chi connectivity index (χ3n) is 3.35. The van der Waals surface area contributed by atoms with Gasteiger partial charge in [-0.25, -0.2) is 0 Å². The largest absolute Gasteiger partial charge is 0.491 e.